The summed E-state index contributed by atoms with van der Waals surface area (Å²) in [5, 5.41) is 14.5. The molecule has 0 aliphatic heterocycles. The van der Waals surface area contributed by atoms with Crippen LogP contribution in [0.4, 0.5) is 10.5 Å². The Labute approximate surface area is 171 Å². The molecular weight excluding hydrogens is 362 g/mol. The third-order valence-electron chi connectivity index (χ3n) is 4.50. The zero-order valence-corrected chi connectivity index (χ0v) is 16.3. The fourth-order valence-electron chi connectivity index (χ4n) is 2.86. The van der Waals surface area contributed by atoms with Gasteiger partial charge in [0.25, 0.3) is 0 Å². The zero-order valence-electron chi connectivity index (χ0n) is 16.3. The van der Waals surface area contributed by atoms with Gasteiger partial charge in [0.1, 0.15) is 12.4 Å². The molecule has 3 rings (SSSR count). The number of nitriles is 1. The molecule has 0 heterocycles. The van der Waals surface area contributed by atoms with Crippen LogP contribution in [0.25, 0.3) is 0 Å². The molecule has 5 heteroatoms. The maximum Gasteiger partial charge on any atom is 0.319 e. The summed E-state index contributed by atoms with van der Waals surface area (Å²) in [7, 11) is 0. The number of nitrogens with zero attached hydrogens (tertiary/aromatic N) is 1. The maximum absolute atomic E-state index is 12.2. The number of urea groups is 1. The van der Waals surface area contributed by atoms with Gasteiger partial charge in [-0.2, -0.15) is 5.26 Å². The third-order valence-corrected chi connectivity index (χ3v) is 4.50. The monoisotopic (exact) mass is 385 g/mol. The minimum absolute atomic E-state index is 0.251. The Morgan fingerprint density at radius 2 is 1.79 bits per heavy atom. The Balaban J connectivity index is 1.51. The Hall–Kier alpha value is -3.78. The number of hydrogen-bond acceptors (Lipinski definition) is 3. The van der Waals surface area contributed by atoms with E-state index in [1.165, 1.54) is 0 Å². The first-order chi connectivity index (χ1) is 14.1. The minimum Gasteiger partial charge on any atom is -0.489 e. The molecule has 5 nitrogen and oxygen atoms in total. The lowest BCUT2D eigenvalue weighted by Crippen LogP contribution is -2.28. The molecule has 2 amide bonds. The largest absolute Gasteiger partial charge is 0.489 e. The van der Waals surface area contributed by atoms with Gasteiger partial charge in [-0.3, -0.25) is 0 Å². The fourth-order valence-corrected chi connectivity index (χ4v) is 2.86. The van der Waals surface area contributed by atoms with E-state index in [2.05, 4.69) is 16.7 Å². The number of rotatable bonds is 7. The van der Waals surface area contributed by atoms with Gasteiger partial charge in [-0.1, -0.05) is 48.5 Å². The highest BCUT2D eigenvalue weighted by Crippen LogP contribution is 2.16. The van der Waals surface area contributed by atoms with E-state index >= 15 is 0 Å². The van der Waals surface area contributed by atoms with Crippen LogP contribution in [0.1, 0.15) is 22.3 Å². The topological polar surface area (TPSA) is 74.2 Å². The quantitative estimate of drug-likeness (QED) is 0.603. The van der Waals surface area contributed by atoms with Crippen LogP contribution >= 0.6 is 0 Å². The molecule has 0 bridgehead atoms. The van der Waals surface area contributed by atoms with Crippen molar-refractivity contribution < 1.29 is 9.53 Å². The van der Waals surface area contributed by atoms with E-state index < -0.39 is 0 Å². The average Bonchev–Trinajstić information content (AvgIpc) is 2.73. The third kappa shape index (κ3) is 6.12. The number of nitrogens with one attached hydrogen (secondary N) is 2. The van der Waals surface area contributed by atoms with Crippen molar-refractivity contribution in [2.45, 2.75) is 26.5 Å². The predicted octanol–water partition coefficient (Wildman–Crippen LogP) is 4.96. The SMILES string of the molecule is Cc1ccccc1CNC(=O)Nc1cccc(COc2ccc(CC#N)cc2)c1. The Bertz CT molecular complexity index is 1010. The second kappa shape index (κ2) is 9.95. The number of ether oxygens (including phenoxy) is 1. The first-order valence-electron chi connectivity index (χ1n) is 9.41. The molecule has 0 aliphatic carbocycles. The molecule has 0 unspecified atom stereocenters. The highest BCUT2D eigenvalue weighted by Gasteiger charge is 2.05. The number of carbonyl (C=O) groups excluding carboxylic acids is 1. The zero-order chi connectivity index (χ0) is 20.5. The summed E-state index contributed by atoms with van der Waals surface area (Å²) in [5.41, 5.74) is 4.85. The van der Waals surface area contributed by atoms with Gasteiger partial charge in [0.2, 0.25) is 0 Å². The summed E-state index contributed by atoms with van der Waals surface area (Å²) >= 11 is 0. The number of anilines is 1. The van der Waals surface area contributed by atoms with Crippen molar-refractivity contribution in [3.05, 3.63) is 95.1 Å². The summed E-state index contributed by atoms with van der Waals surface area (Å²) in [5.74, 6) is 0.737. The molecule has 0 saturated carbocycles. The van der Waals surface area contributed by atoms with E-state index in [-0.39, 0.29) is 6.03 Å². The van der Waals surface area contributed by atoms with Crippen molar-refractivity contribution in [1.82, 2.24) is 5.32 Å². The van der Waals surface area contributed by atoms with Crippen LogP contribution in [0.15, 0.2) is 72.8 Å². The average molecular weight is 385 g/mol. The van der Waals surface area contributed by atoms with Crippen molar-refractivity contribution in [3.63, 3.8) is 0 Å². The Morgan fingerprint density at radius 3 is 2.55 bits per heavy atom. The van der Waals surface area contributed by atoms with Crippen molar-refractivity contribution in [2.75, 3.05) is 5.32 Å². The van der Waals surface area contributed by atoms with Crippen molar-refractivity contribution in [3.8, 4) is 11.8 Å². The standard InChI is InChI=1S/C24H23N3O2/c1-18-5-2-3-7-21(18)16-26-24(28)27-22-8-4-6-20(15-22)17-29-23-11-9-19(10-12-23)13-14-25/h2-12,15H,13,16-17H2,1H3,(H2,26,27,28). The van der Waals surface area contributed by atoms with Crippen LogP contribution in [0.5, 0.6) is 5.75 Å². The molecule has 0 saturated heterocycles. The van der Waals surface area contributed by atoms with Crippen molar-refractivity contribution in [1.29, 1.82) is 5.26 Å². The second-order valence-corrected chi connectivity index (χ2v) is 6.70. The first kappa shape index (κ1) is 20.0. The summed E-state index contributed by atoms with van der Waals surface area (Å²) in [6, 6.07) is 24.9. The fraction of sp³-hybridized carbons (Fsp3) is 0.167. The number of benzene rings is 3. The number of aryl methyl sites for hydroxylation is 1. The maximum atomic E-state index is 12.2. The van der Waals surface area contributed by atoms with Crippen LogP contribution in [0.2, 0.25) is 0 Å². The van der Waals surface area contributed by atoms with Gasteiger partial charge in [-0.25, -0.2) is 4.79 Å². The van der Waals surface area contributed by atoms with E-state index in [1.54, 1.807) is 0 Å². The van der Waals surface area contributed by atoms with E-state index in [0.717, 1.165) is 28.0 Å². The Kier molecular flexibility index (Phi) is 6.85. The number of hydrogen-bond donors (Lipinski definition) is 2. The van der Waals surface area contributed by atoms with Gasteiger partial charge in [0.15, 0.2) is 0 Å². The Morgan fingerprint density at radius 1 is 1.00 bits per heavy atom. The van der Waals surface area contributed by atoms with Crippen molar-refractivity contribution >= 4 is 11.7 Å². The number of carbonyl (C=O) groups is 1. The number of amides is 2. The van der Waals surface area contributed by atoms with Gasteiger partial charge in [0.05, 0.1) is 12.5 Å². The molecule has 0 radical (unpaired) electrons. The smallest absolute Gasteiger partial charge is 0.319 e. The highest BCUT2D eigenvalue weighted by molar-refractivity contribution is 5.89. The minimum atomic E-state index is -0.251. The van der Waals surface area contributed by atoms with E-state index in [4.69, 9.17) is 10.00 Å². The van der Waals surface area contributed by atoms with Gasteiger partial charge >= 0.3 is 6.03 Å². The first-order valence-corrected chi connectivity index (χ1v) is 9.41. The van der Waals surface area contributed by atoms with E-state index in [9.17, 15) is 4.79 Å². The molecule has 3 aromatic rings. The lowest BCUT2D eigenvalue weighted by molar-refractivity contribution is 0.251. The molecule has 146 valence electrons. The van der Waals surface area contributed by atoms with Crippen molar-refractivity contribution in [2.24, 2.45) is 0 Å². The van der Waals surface area contributed by atoms with E-state index in [1.807, 2.05) is 79.7 Å². The molecule has 0 aromatic heterocycles. The lowest BCUT2D eigenvalue weighted by Gasteiger charge is -2.11. The van der Waals surface area contributed by atoms with Crippen LogP contribution in [0, 0.1) is 18.3 Å². The van der Waals surface area contributed by atoms with Gasteiger partial charge in [-0.05, 0) is 53.4 Å². The molecule has 0 fully saturated rings. The summed E-state index contributed by atoms with van der Waals surface area (Å²) in [4.78, 5) is 12.2. The van der Waals surface area contributed by atoms with Gasteiger partial charge in [-0.15, -0.1) is 0 Å². The van der Waals surface area contributed by atoms with Crippen LogP contribution in [0.3, 0.4) is 0 Å². The lowest BCUT2D eigenvalue weighted by atomic mass is 10.1. The second-order valence-electron chi connectivity index (χ2n) is 6.70. The molecule has 0 spiro atoms. The molecular formula is C24H23N3O2. The summed E-state index contributed by atoms with van der Waals surface area (Å²) in [6.45, 7) is 2.89. The molecule has 29 heavy (non-hydrogen) atoms. The van der Waals surface area contributed by atoms with Gasteiger partial charge in [0, 0.05) is 12.2 Å². The van der Waals surface area contributed by atoms with Gasteiger partial charge < -0.3 is 15.4 Å². The molecule has 2 N–H and O–H groups in total. The summed E-state index contributed by atoms with van der Waals surface area (Å²) in [6.07, 6.45) is 0.389. The van der Waals surface area contributed by atoms with Crippen LogP contribution in [-0.2, 0) is 19.6 Å². The molecule has 0 atom stereocenters. The van der Waals surface area contributed by atoms with Crippen LogP contribution < -0.4 is 15.4 Å². The highest BCUT2D eigenvalue weighted by atomic mass is 16.5. The normalized spacial score (nSPS) is 10.1. The molecule has 0 aliphatic rings. The van der Waals surface area contributed by atoms with E-state index in [0.29, 0.717) is 25.3 Å². The predicted molar refractivity (Wildman–Crippen MR) is 114 cm³/mol. The van der Waals surface area contributed by atoms with Crippen LogP contribution in [-0.4, -0.2) is 6.03 Å². The molecule has 3 aromatic carbocycles. The summed E-state index contributed by atoms with van der Waals surface area (Å²) < 4.78 is 5.79.